The molecule has 1 fully saturated rings. The second-order valence-electron chi connectivity index (χ2n) is 11.4. The Labute approximate surface area is 205 Å². The summed E-state index contributed by atoms with van der Waals surface area (Å²) in [5.74, 6) is 0.598. The summed E-state index contributed by atoms with van der Waals surface area (Å²) in [6, 6.07) is 0. The van der Waals surface area contributed by atoms with Crippen molar-refractivity contribution in [2.45, 2.75) is 106 Å². The van der Waals surface area contributed by atoms with E-state index in [1.165, 1.54) is 22.3 Å². The highest BCUT2D eigenvalue weighted by Gasteiger charge is 2.28. The molecule has 0 aromatic carbocycles. The number of amides is 1. The van der Waals surface area contributed by atoms with Crippen LogP contribution in [0.5, 0.6) is 0 Å². The van der Waals surface area contributed by atoms with Gasteiger partial charge >= 0.3 is 0 Å². The van der Waals surface area contributed by atoms with Gasteiger partial charge in [0.2, 0.25) is 5.91 Å². The quantitative estimate of drug-likeness (QED) is 0.297. The van der Waals surface area contributed by atoms with Gasteiger partial charge in [-0.05, 0) is 100 Å². The topological polar surface area (TPSA) is 23.6 Å². The van der Waals surface area contributed by atoms with Crippen molar-refractivity contribution in [2.24, 2.45) is 5.92 Å². The maximum absolute atomic E-state index is 13.2. The van der Waals surface area contributed by atoms with Crippen LogP contribution in [0.3, 0.4) is 0 Å². The van der Waals surface area contributed by atoms with E-state index >= 15 is 0 Å². The molecule has 0 spiro atoms. The molecule has 1 rings (SSSR count). The first-order valence-electron chi connectivity index (χ1n) is 13.0. The number of hydrogen-bond acceptors (Lipinski definition) is 2. The molecule has 0 N–H and O–H groups in total. The molecule has 1 atom stereocenters. The summed E-state index contributed by atoms with van der Waals surface area (Å²) in [5, 5.41) is 0. The molecule has 3 nitrogen and oxygen atoms in total. The van der Waals surface area contributed by atoms with Gasteiger partial charge in [-0.2, -0.15) is 0 Å². The summed E-state index contributed by atoms with van der Waals surface area (Å²) in [4.78, 5) is 17.8. The molecule has 1 amide bonds. The van der Waals surface area contributed by atoms with Crippen LogP contribution in [-0.4, -0.2) is 47.4 Å². The van der Waals surface area contributed by atoms with Crippen LogP contribution in [0.15, 0.2) is 46.6 Å². The van der Waals surface area contributed by atoms with E-state index < -0.39 is 0 Å². The van der Waals surface area contributed by atoms with Crippen LogP contribution < -0.4 is 0 Å². The highest BCUT2D eigenvalue weighted by molar-refractivity contribution is 5.76. The van der Waals surface area contributed by atoms with Crippen molar-refractivity contribution in [3.8, 4) is 0 Å². The van der Waals surface area contributed by atoms with E-state index in [4.69, 9.17) is 0 Å². The summed E-state index contributed by atoms with van der Waals surface area (Å²) in [6.45, 7) is 23.5. The lowest BCUT2D eigenvalue weighted by Gasteiger charge is -2.42. The van der Waals surface area contributed by atoms with Crippen molar-refractivity contribution in [3.63, 3.8) is 0 Å². The van der Waals surface area contributed by atoms with Crippen LogP contribution in [0.1, 0.15) is 101 Å². The van der Waals surface area contributed by atoms with Crippen LogP contribution in [-0.2, 0) is 4.79 Å². The predicted octanol–water partition coefficient (Wildman–Crippen LogP) is 7.71. The fraction of sp³-hybridized carbons (Fsp3) is 0.700. The molecule has 1 heterocycles. The third kappa shape index (κ3) is 13.0. The first kappa shape index (κ1) is 29.4. The van der Waals surface area contributed by atoms with Crippen molar-refractivity contribution in [2.75, 3.05) is 26.2 Å². The first-order valence-corrected chi connectivity index (χ1v) is 13.0. The average molecular weight is 457 g/mol. The summed E-state index contributed by atoms with van der Waals surface area (Å²) >= 11 is 0. The first-order chi connectivity index (χ1) is 15.4. The Hall–Kier alpha value is -1.61. The molecular weight excluding hydrogens is 404 g/mol. The van der Waals surface area contributed by atoms with Gasteiger partial charge in [0.05, 0.1) is 0 Å². The molecule has 1 aliphatic heterocycles. The van der Waals surface area contributed by atoms with Crippen molar-refractivity contribution < 1.29 is 4.79 Å². The minimum absolute atomic E-state index is 0.177. The Morgan fingerprint density at radius 3 is 1.79 bits per heavy atom. The number of carbonyl (C=O) groups is 1. The van der Waals surface area contributed by atoms with Gasteiger partial charge < -0.3 is 4.90 Å². The fourth-order valence-corrected chi connectivity index (χ4v) is 4.31. The minimum atomic E-state index is 0.177. The van der Waals surface area contributed by atoms with Gasteiger partial charge in [-0.15, -0.1) is 0 Å². The predicted molar refractivity (Wildman–Crippen MR) is 145 cm³/mol. The maximum atomic E-state index is 13.2. The molecule has 0 radical (unpaired) electrons. The Kier molecular flexibility index (Phi) is 13.0. The van der Waals surface area contributed by atoms with Gasteiger partial charge in [-0.1, -0.05) is 46.6 Å². The van der Waals surface area contributed by atoms with Gasteiger partial charge in [0.15, 0.2) is 0 Å². The van der Waals surface area contributed by atoms with Crippen molar-refractivity contribution in [3.05, 3.63) is 46.6 Å². The van der Waals surface area contributed by atoms with E-state index in [9.17, 15) is 4.79 Å². The number of rotatable bonds is 11. The molecule has 1 saturated heterocycles. The van der Waals surface area contributed by atoms with E-state index in [2.05, 4.69) is 96.4 Å². The van der Waals surface area contributed by atoms with Gasteiger partial charge in [0, 0.05) is 38.1 Å². The number of carbonyl (C=O) groups excluding carboxylic acids is 1. The van der Waals surface area contributed by atoms with E-state index in [0.29, 0.717) is 12.3 Å². The molecular formula is C30H52N2O. The second-order valence-corrected chi connectivity index (χ2v) is 11.4. The van der Waals surface area contributed by atoms with E-state index in [0.717, 1.165) is 58.3 Å². The zero-order chi connectivity index (χ0) is 25.0. The average Bonchev–Trinajstić information content (AvgIpc) is 2.70. The number of allylic oxidation sites excluding steroid dienone is 8. The lowest BCUT2D eigenvalue weighted by atomic mass is 9.94. The minimum Gasteiger partial charge on any atom is -0.340 e. The molecule has 0 aromatic rings. The largest absolute Gasteiger partial charge is 0.340 e. The standard InChI is InChI=1S/C30H52N2O/c1-24(2)12-10-14-26(5)16-17-28(22-27(6)15-11-13-25(3)4)23-29(33)31-18-20-32(21-19-31)30(7,8)9/h12-13,16,22,28H,10-11,14-15,17-21,23H2,1-9H3/b26-16+,27-22+. The summed E-state index contributed by atoms with van der Waals surface area (Å²) in [7, 11) is 0. The molecule has 1 aliphatic rings. The molecule has 0 aliphatic carbocycles. The van der Waals surface area contributed by atoms with Gasteiger partial charge in [0.25, 0.3) is 0 Å². The number of nitrogens with zero attached hydrogens (tertiary/aromatic N) is 2. The van der Waals surface area contributed by atoms with Crippen LogP contribution in [0.4, 0.5) is 0 Å². The Bertz CT molecular complexity index is 717. The Morgan fingerprint density at radius 1 is 0.788 bits per heavy atom. The van der Waals surface area contributed by atoms with Gasteiger partial charge in [-0.25, -0.2) is 0 Å². The molecule has 0 saturated carbocycles. The number of hydrogen-bond donors (Lipinski definition) is 0. The zero-order valence-corrected chi connectivity index (χ0v) is 23.3. The van der Waals surface area contributed by atoms with Crippen LogP contribution in [0, 0.1) is 5.92 Å². The van der Waals surface area contributed by atoms with E-state index in [1.807, 2.05) is 0 Å². The lowest BCUT2D eigenvalue weighted by molar-refractivity contribution is -0.134. The van der Waals surface area contributed by atoms with Crippen molar-refractivity contribution in [1.29, 1.82) is 0 Å². The molecule has 188 valence electrons. The van der Waals surface area contributed by atoms with Gasteiger partial charge in [-0.3, -0.25) is 9.69 Å². The number of piperazine rings is 1. The van der Waals surface area contributed by atoms with Gasteiger partial charge in [0.1, 0.15) is 0 Å². The molecule has 0 bridgehead atoms. The van der Waals surface area contributed by atoms with Crippen molar-refractivity contribution in [1.82, 2.24) is 9.80 Å². The molecule has 1 unspecified atom stereocenters. The molecule has 33 heavy (non-hydrogen) atoms. The Balaban J connectivity index is 2.79. The monoisotopic (exact) mass is 456 g/mol. The fourth-order valence-electron chi connectivity index (χ4n) is 4.31. The van der Waals surface area contributed by atoms with E-state index in [1.54, 1.807) is 0 Å². The van der Waals surface area contributed by atoms with Crippen LogP contribution in [0.2, 0.25) is 0 Å². The van der Waals surface area contributed by atoms with E-state index in [-0.39, 0.29) is 11.5 Å². The van der Waals surface area contributed by atoms with Crippen LogP contribution in [0.25, 0.3) is 0 Å². The highest BCUT2D eigenvalue weighted by Crippen LogP contribution is 2.22. The lowest BCUT2D eigenvalue weighted by Crippen LogP contribution is -2.54. The zero-order valence-electron chi connectivity index (χ0n) is 23.3. The maximum Gasteiger partial charge on any atom is 0.223 e. The Morgan fingerprint density at radius 2 is 1.30 bits per heavy atom. The summed E-state index contributed by atoms with van der Waals surface area (Å²) in [6.07, 6.45) is 15.3. The second kappa shape index (κ2) is 14.6. The third-order valence-corrected chi connectivity index (χ3v) is 6.49. The summed E-state index contributed by atoms with van der Waals surface area (Å²) < 4.78 is 0. The van der Waals surface area contributed by atoms with Crippen LogP contribution >= 0.6 is 0 Å². The third-order valence-electron chi connectivity index (χ3n) is 6.49. The smallest absolute Gasteiger partial charge is 0.223 e. The normalized spacial score (nSPS) is 17.1. The molecule has 3 heteroatoms. The van der Waals surface area contributed by atoms with Crippen molar-refractivity contribution >= 4 is 5.91 Å². The summed E-state index contributed by atoms with van der Waals surface area (Å²) in [5.41, 5.74) is 5.76. The highest BCUT2D eigenvalue weighted by atomic mass is 16.2. The molecule has 0 aromatic heterocycles. The SMILES string of the molecule is CC(C)=CCC/C(C)=C/CC(/C=C(\C)CCC=C(C)C)CC(=O)N1CCN(C(C)(C)C)CC1.